The fraction of sp³-hybridized carbons (Fsp3) is 0.238. The Morgan fingerprint density at radius 2 is 1.97 bits per heavy atom. The molecule has 0 amide bonds. The lowest BCUT2D eigenvalue weighted by atomic mass is 9.89. The fourth-order valence-corrected chi connectivity index (χ4v) is 3.51. The summed E-state index contributed by atoms with van der Waals surface area (Å²) >= 11 is 5.40. The predicted octanol–water partition coefficient (Wildman–Crippen LogP) is 4.01. The van der Waals surface area contributed by atoms with E-state index >= 15 is 0 Å². The van der Waals surface area contributed by atoms with Crippen LogP contribution in [0.25, 0.3) is 0 Å². The Balaban J connectivity index is 2.13. The molecule has 150 valence electrons. The van der Waals surface area contributed by atoms with E-state index in [1.807, 2.05) is 13.0 Å². The highest BCUT2D eigenvalue weighted by atomic mass is 32.1. The van der Waals surface area contributed by atoms with E-state index < -0.39 is 11.0 Å². The first-order valence-corrected chi connectivity index (χ1v) is 9.51. The number of rotatable bonds is 6. The molecule has 0 aromatic heterocycles. The lowest BCUT2D eigenvalue weighted by molar-refractivity contribution is -0.385. The van der Waals surface area contributed by atoms with E-state index in [0.29, 0.717) is 34.1 Å². The van der Waals surface area contributed by atoms with Crippen LogP contribution in [0.3, 0.4) is 0 Å². The number of Topliss-reactive ketones (excluding diaryl/α,β-unsaturated/α-hetero) is 1. The number of nitro groups is 1. The van der Waals surface area contributed by atoms with E-state index in [1.165, 1.54) is 6.07 Å². The normalized spacial score (nSPS) is 16.4. The number of nitrogens with one attached hydrogen (secondary N) is 1. The molecule has 0 radical (unpaired) electrons. The second-order valence-corrected chi connectivity index (χ2v) is 6.94. The number of thiocarbonyl (C=S) groups is 1. The fourth-order valence-electron chi connectivity index (χ4n) is 3.26. The Kier molecular flexibility index (Phi) is 5.93. The molecule has 8 heteroatoms. The van der Waals surface area contributed by atoms with Crippen LogP contribution in [0.5, 0.6) is 5.75 Å². The smallest absolute Gasteiger partial charge is 0.311 e. The van der Waals surface area contributed by atoms with E-state index in [1.54, 1.807) is 55.3 Å². The molecule has 1 aliphatic heterocycles. The highest BCUT2D eigenvalue weighted by Crippen LogP contribution is 2.36. The predicted molar refractivity (Wildman–Crippen MR) is 114 cm³/mol. The van der Waals surface area contributed by atoms with Crippen LogP contribution in [0.4, 0.5) is 5.69 Å². The van der Waals surface area contributed by atoms with Crippen molar-refractivity contribution in [1.29, 1.82) is 0 Å². The standard InChI is InChI=1S/C21H21N3O4S/c1-4-28-17-11-10-15(12-16(17)24(26)27)19-18(13(2)23(3)21(29)22-19)20(25)14-8-6-5-7-9-14/h5-12,19H,4H2,1-3H3,(H,22,29). The molecule has 2 aromatic rings. The third-order valence-corrected chi connectivity index (χ3v) is 5.24. The van der Waals surface area contributed by atoms with Crippen LogP contribution in [-0.4, -0.2) is 34.4 Å². The molecule has 2 aromatic carbocycles. The monoisotopic (exact) mass is 411 g/mol. The van der Waals surface area contributed by atoms with Crippen molar-refractivity contribution in [3.63, 3.8) is 0 Å². The molecule has 3 rings (SSSR count). The van der Waals surface area contributed by atoms with Gasteiger partial charge in [0.2, 0.25) is 0 Å². The second kappa shape index (κ2) is 8.40. The average molecular weight is 411 g/mol. The highest BCUT2D eigenvalue weighted by molar-refractivity contribution is 7.80. The number of hydrogen-bond acceptors (Lipinski definition) is 5. The van der Waals surface area contributed by atoms with Crippen LogP contribution in [-0.2, 0) is 0 Å². The van der Waals surface area contributed by atoms with Gasteiger partial charge in [0.15, 0.2) is 16.6 Å². The van der Waals surface area contributed by atoms with Gasteiger partial charge in [-0.1, -0.05) is 36.4 Å². The zero-order valence-corrected chi connectivity index (χ0v) is 17.2. The van der Waals surface area contributed by atoms with Crippen LogP contribution < -0.4 is 10.1 Å². The summed E-state index contributed by atoms with van der Waals surface area (Å²) in [6, 6.07) is 13.0. The molecule has 0 fully saturated rings. The highest BCUT2D eigenvalue weighted by Gasteiger charge is 2.34. The lowest BCUT2D eigenvalue weighted by Gasteiger charge is -2.35. The maximum atomic E-state index is 13.3. The van der Waals surface area contributed by atoms with E-state index in [0.717, 1.165) is 0 Å². The molecule has 1 aliphatic rings. The second-order valence-electron chi connectivity index (χ2n) is 6.55. The Morgan fingerprint density at radius 3 is 2.59 bits per heavy atom. The summed E-state index contributed by atoms with van der Waals surface area (Å²) in [5, 5.41) is 15.1. The summed E-state index contributed by atoms with van der Waals surface area (Å²) < 4.78 is 5.37. The van der Waals surface area contributed by atoms with Crippen LogP contribution in [0.1, 0.15) is 35.8 Å². The number of ether oxygens (including phenoxy) is 1. The van der Waals surface area contributed by atoms with Crippen molar-refractivity contribution in [2.75, 3.05) is 13.7 Å². The van der Waals surface area contributed by atoms with Gasteiger partial charge in [-0.05, 0) is 37.7 Å². The summed E-state index contributed by atoms with van der Waals surface area (Å²) in [6.45, 7) is 3.89. The maximum absolute atomic E-state index is 13.3. The topological polar surface area (TPSA) is 84.7 Å². The first-order chi connectivity index (χ1) is 13.8. The zero-order chi connectivity index (χ0) is 21.1. The van der Waals surface area contributed by atoms with Crippen LogP contribution in [0.15, 0.2) is 59.8 Å². The van der Waals surface area contributed by atoms with Crippen molar-refractivity contribution in [2.24, 2.45) is 0 Å². The Hall–Kier alpha value is -3.26. The minimum atomic E-state index is -0.610. The molecule has 0 spiro atoms. The van der Waals surface area contributed by atoms with Crippen LogP contribution >= 0.6 is 12.2 Å². The van der Waals surface area contributed by atoms with Gasteiger partial charge < -0.3 is 15.0 Å². The van der Waals surface area contributed by atoms with Crippen LogP contribution in [0.2, 0.25) is 0 Å². The number of benzene rings is 2. The summed E-state index contributed by atoms with van der Waals surface area (Å²) in [5.74, 6) is 0.0277. The number of nitrogens with zero attached hydrogens (tertiary/aromatic N) is 2. The van der Waals surface area contributed by atoms with Crippen molar-refractivity contribution >= 4 is 28.8 Å². The van der Waals surface area contributed by atoms with Crippen molar-refractivity contribution in [3.05, 3.63) is 81.0 Å². The first kappa shape index (κ1) is 20.5. The van der Waals surface area contributed by atoms with Gasteiger partial charge in [0.1, 0.15) is 0 Å². The quantitative estimate of drug-likeness (QED) is 0.333. The van der Waals surface area contributed by atoms with Gasteiger partial charge in [0.05, 0.1) is 17.6 Å². The molecule has 0 saturated heterocycles. The van der Waals surface area contributed by atoms with E-state index in [4.69, 9.17) is 17.0 Å². The molecule has 1 heterocycles. The van der Waals surface area contributed by atoms with Crippen LogP contribution in [0, 0.1) is 10.1 Å². The van der Waals surface area contributed by atoms with Gasteiger partial charge in [-0.2, -0.15) is 0 Å². The first-order valence-electron chi connectivity index (χ1n) is 9.11. The average Bonchev–Trinajstić information content (AvgIpc) is 2.72. The van der Waals surface area contributed by atoms with E-state index in [2.05, 4.69) is 5.32 Å². The summed E-state index contributed by atoms with van der Waals surface area (Å²) in [5.41, 5.74) is 2.14. The molecule has 29 heavy (non-hydrogen) atoms. The Bertz CT molecular complexity index is 1000. The minimum absolute atomic E-state index is 0.153. The number of hydrogen-bond donors (Lipinski definition) is 1. The summed E-state index contributed by atoms with van der Waals surface area (Å²) in [4.78, 5) is 26.1. The van der Waals surface area contributed by atoms with Gasteiger partial charge in [-0.25, -0.2) is 0 Å². The van der Waals surface area contributed by atoms with Gasteiger partial charge >= 0.3 is 5.69 Å². The number of carbonyl (C=O) groups is 1. The molecular weight excluding hydrogens is 390 g/mol. The molecule has 0 bridgehead atoms. The van der Waals surface area contributed by atoms with E-state index in [9.17, 15) is 14.9 Å². The van der Waals surface area contributed by atoms with E-state index in [-0.39, 0.29) is 17.2 Å². The molecule has 1 atom stereocenters. The molecule has 7 nitrogen and oxygen atoms in total. The molecule has 1 unspecified atom stereocenters. The van der Waals surface area contributed by atoms with Gasteiger partial charge in [-0.3, -0.25) is 14.9 Å². The summed E-state index contributed by atoms with van der Waals surface area (Å²) in [7, 11) is 1.78. The van der Waals surface area contributed by atoms with Crippen molar-refractivity contribution < 1.29 is 14.5 Å². The zero-order valence-electron chi connectivity index (χ0n) is 16.3. The van der Waals surface area contributed by atoms with Crippen molar-refractivity contribution in [3.8, 4) is 5.75 Å². The molecule has 1 N–H and O–H groups in total. The molecule has 0 saturated carbocycles. The van der Waals surface area contributed by atoms with Gasteiger partial charge in [0.25, 0.3) is 0 Å². The number of carbonyl (C=O) groups excluding carboxylic acids is 1. The number of ketones is 1. The third-order valence-electron chi connectivity index (χ3n) is 4.85. The van der Waals surface area contributed by atoms with Crippen molar-refractivity contribution in [2.45, 2.75) is 19.9 Å². The van der Waals surface area contributed by atoms with Gasteiger partial charge in [0, 0.05) is 29.9 Å². The number of allylic oxidation sites excluding steroid dienone is 1. The third kappa shape index (κ3) is 3.97. The maximum Gasteiger partial charge on any atom is 0.311 e. The SMILES string of the molecule is CCOc1ccc(C2NC(=S)N(C)C(C)=C2C(=O)c2ccccc2)cc1[N+](=O)[O-]. The van der Waals surface area contributed by atoms with Gasteiger partial charge in [-0.15, -0.1) is 0 Å². The number of nitro benzene ring substituents is 1. The molecule has 0 aliphatic carbocycles. The largest absolute Gasteiger partial charge is 0.487 e. The Morgan fingerprint density at radius 1 is 1.28 bits per heavy atom. The summed E-state index contributed by atoms with van der Waals surface area (Å²) in [6.07, 6.45) is 0. The van der Waals surface area contributed by atoms with Crippen molar-refractivity contribution in [1.82, 2.24) is 10.2 Å². The lowest BCUT2D eigenvalue weighted by Crippen LogP contribution is -2.45. The Labute approximate surface area is 174 Å². The molecular formula is C21H21N3O4S. The minimum Gasteiger partial charge on any atom is -0.487 e.